The van der Waals surface area contributed by atoms with Crippen LogP contribution in [-0.2, 0) is 4.79 Å². The van der Waals surface area contributed by atoms with Gasteiger partial charge in [-0.05, 0) is 44.5 Å². The monoisotopic (exact) mass is 319 g/mol. The van der Waals surface area contributed by atoms with Crippen molar-refractivity contribution in [2.75, 3.05) is 17.6 Å². The topological polar surface area (TPSA) is 70.2 Å². The first-order valence-corrected chi connectivity index (χ1v) is 8.73. The van der Waals surface area contributed by atoms with Crippen LogP contribution in [0.2, 0.25) is 0 Å². The van der Waals surface area contributed by atoms with Crippen LogP contribution in [0.1, 0.15) is 36.5 Å². The van der Waals surface area contributed by atoms with E-state index in [1.165, 1.54) is 0 Å². The molecule has 2 aliphatic rings. The van der Waals surface area contributed by atoms with E-state index >= 15 is 0 Å². The van der Waals surface area contributed by atoms with E-state index in [0.717, 1.165) is 35.7 Å². The van der Waals surface area contributed by atoms with Crippen molar-refractivity contribution in [1.29, 1.82) is 0 Å². The van der Waals surface area contributed by atoms with Gasteiger partial charge in [0.1, 0.15) is 0 Å². The van der Waals surface area contributed by atoms with Gasteiger partial charge in [-0.25, -0.2) is 0 Å². The van der Waals surface area contributed by atoms with Gasteiger partial charge < -0.3 is 16.0 Å². The molecule has 2 aliphatic heterocycles. The van der Waals surface area contributed by atoms with Crippen LogP contribution in [0.15, 0.2) is 23.1 Å². The highest BCUT2D eigenvalue weighted by atomic mass is 32.2. The normalized spacial score (nSPS) is 24.9. The summed E-state index contributed by atoms with van der Waals surface area (Å²) >= 11 is 1.64. The van der Waals surface area contributed by atoms with E-state index in [0.29, 0.717) is 12.0 Å². The summed E-state index contributed by atoms with van der Waals surface area (Å²) in [5.41, 5.74) is 1.34. The molecule has 0 aliphatic carbocycles. The van der Waals surface area contributed by atoms with Crippen molar-refractivity contribution in [2.45, 2.75) is 43.2 Å². The van der Waals surface area contributed by atoms with Crippen LogP contribution in [-0.4, -0.2) is 36.2 Å². The van der Waals surface area contributed by atoms with Crippen LogP contribution >= 0.6 is 11.8 Å². The van der Waals surface area contributed by atoms with Crippen molar-refractivity contribution in [3.05, 3.63) is 23.8 Å². The Morgan fingerprint density at radius 3 is 3.09 bits per heavy atom. The molecular formula is C16H21N3O2S. The lowest BCUT2D eigenvalue weighted by Crippen LogP contribution is -2.51. The summed E-state index contributed by atoms with van der Waals surface area (Å²) in [6, 6.07) is 5.97. The molecule has 22 heavy (non-hydrogen) atoms. The molecule has 0 spiro atoms. The van der Waals surface area contributed by atoms with E-state index in [4.69, 9.17) is 0 Å². The van der Waals surface area contributed by atoms with Gasteiger partial charge >= 0.3 is 0 Å². The fourth-order valence-corrected chi connectivity index (χ4v) is 3.79. The first-order chi connectivity index (χ1) is 10.6. The zero-order valence-corrected chi connectivity index (χ0v) is 13.5. The van der Waals surface area contributed by atoms with Gasteiger partial charge in [0.25, 0.3) is 5.91 Å². The summed E-state index contributed by atoms with van der Waals surface area (Å²) in [7, 11) is 0. The lowest BCUT2D eigenvalue weighted by Gasteiger charge is -2.30. The number of hydrogen-bond acceptors (Lipinski definition) is 4. The number of amides is 2. The van der Waals surface area contributed by atoms with Crippen molar-refractivity contribution < 1.29 is 9.59 Å². The number of anilines is 1. The summed E-state index contributed by atoms with van der Waals surface area (Å²) in [5.74, 6) is 0.705. The van der Waals surface area contributed by atoms with Crippen LogP contribution in [0.25, 0.3) is 0 Å². The SMILES string of the molecule is CC1NCCCC1NC(=O)c1ccc2c(c1)NC(=O)CCS2. The molecule has 1 saturated heterocycles. The maximum Gasteiger partial charge on any atom is 0.251 e. The number of thioether (sulfide) groups is 1. The third-order valence-corrected chi connectivity index (χ3v) is 5.26. The number of piperidine rings is 1. The van der Waals surface area contributed by atoms with Gasteiger partial charge in [0.05, 0.1) is 5.69 Å². The lowest BCUT2D eigenvalue weighted by atomic mass is 9.99. The summed E-state index contributed by atoms with van der Waals surface area (Å²) in [6.07, 6.45) is 2.58. The molecule has 0 saturated carbocycles. The Morgan fingerprint density at radius 1 is 1.41 bits per heavy atom. The molecule has 3 rings (SSSR count). The van der Waals surface area contributed by atoms with Gasteiger partial charge in [0.2, 0.25) is 5.91 Å². The quantitative estimate of drug-likeness (QED) is 0.780. The first-order valence-electron chi connectivity index (χ1n) is 7.74. The predicted molar refractivity (Wildman–Crippen MR) is 88.4 cm³/mol. The fraction of sp³-hybridized carbons (Fsp3) is 0.500. The molecule has 0 radical (unpaired) electrons. The number of rotatable bonds is 2. The highest BCUT2D eigenvalue weighted by Gasteiger charge is 2.23. The van der Waals surface area contributed by atoms with E-state index in [-0.39, 0.29) is 23.9 Å². The molecule has 2 amide bonds. The number of carbonyl (C=O) groups excluding carboxylic acids is 2. The van der Waals surface area contributed by atoms with E-state index in [9.17, 15) is 9.59 Å². The van der Waals surface area contributed by atoms with Crippen LogP contribution < -0.4 is 16.0 Å². The molecule has 118 valence electrons. The molecule has 2 unspecified atom stereocenters. The van der Waals surface area contributed by atoms with Crippen LogP contribution in [0, 0.1) is 0 Å². The van der Waals surface area contributed by atoms with E-state index in [1.807, 2.05) is 12.1 Å². The van der Waals surface area contributed by atoms with Crippen molar-refractivity contribution in [3.8, 4) is 0 Å². The predicted octanol–water partition coefficient (Wildman–Crippen LogP) is 1.99. The standard InChI is InChI=1S/C16H21N3O2S/c1-10-12(3-2-7-17-10)19-16(21)11-4-5-14-13(9-11)18-15(20)6-8-22-14/h4-5,9-10,12,17H,2-3,6-8H2,1H3,(H,18,20)(H,19,21). The molecule has 2 heterocycles. The molecule has 1 aromatic carbocycles. The minimum Gasteiger partial charge on any atom is -0.348 e. The number of nitrogens with one attached hydrogen (secondary N) is 3. The number of fused-ring (bicyclic) bond motifs is 1. The summed E-state index contributed by atoms with van der Waals surface area (Å²) in [5, 5.41) is 9.35. The third kappa shape index (κ3) is 3.44. The van der Waals surface area contributed by atoms with Crippen molar-refractivity contribution in [2.24, 2.45) is 0 Å². The largest absolute Gasteiger partial charge is 0.348 e. The van der Waals surface area contributed by atoms with E-state index in [2.05, 4.69) is 22.9 Å². The summed E-state index contributed by atoms with van der Waals surface area (Å²) < 4.78 is 0. The Labute approximate surface area is 134 Å². The smallest absolute Gasteiger partial charge is 0.251 e. The Bertz CT molecular complexity index is 591. The molecular weight excluding hydrogens is 298 g/mol. The maximum atomic E-state index is 12.5. The summed E-state index contributed by atoms with van der Waals surface area (Å²) in [4.78, 5) is 25.1. The second kappa shape index (κ2) is 6.71. The van der Waals surface area contributed by atoms with Crippen LogP contribution in [0.3, 0.4) is 0 Å². The van der Waals surface area contributed by atoms with Crippen molar-refractivity contribution in [3.63, 3.8) is 0 Å². The molecule has 5 nitrogen and oxygen atoms in total. The van der Waals surface area contributed by atoms with Crippen LogP contribution in [0.4, 0.5) is 5.69 Å². The van der Waals surface area contributed by atoms with Gasteiger partial charge in [-0.3, -0.25) is 9.59 Å². The molecule has 0 aromatic heterocycles. The summed E-state index contributed by atoms with van der Waals surface area (Å²) in [6.45, 7) is 3.10. The Hall–Kier alpha value is -1.53. The average Bonchev–Trinajstić information content (AvgIpc) is 2.69. The van der Waals surface area contributed by atoms with Gasteiger partial charge in [0, 0.05) is 34.7 Å². The minimum atomic E-state index is -0.0770. The molecule has 3 N–H and O–H groups in total. The molecule has 1 fully saturated rings. The van der Waals surface area contributed by atoms with Crippen molar-refractivity contribution in [1.82, 2.24) is 10.6 Å². The molecule has 2 atom stereocenters. The van der Waals surface area contributed by atoms with Gasteiger partial charge in [0.15, 0.2) is 0 Å². The zero-order chi connectivity index (χ0) is 15.5. The molecule has 0 bridgehead atoms. The molecule has 1 aromatic rings. The number of carbonyl (C=O) groups is 2. The lowest BCUT2D eigenvalue weighted by molar-refractivity contribution is -0.115. The van der Waals surface area contributed by atoms with E-state index < -0.39 is 0 Å². The Kier molecular flexibility index (Phi) is 4.69. The Morgan fingerprint density at radius 2 is 2.27 bits per heavy atom. The number of benzene rings is 1. The maximum absolute atomic E-state index is 12.5. The fourth-order valence-electron chi connectivity index (χ4n) is 2.85. The second-order valence-corrected chi connectivity index (χ2v) is 6.96. The highest BCUT2D eigenvalue weighted by molar-refractivity contribution is 7.99. The van der Waals surface area contributed by atoms with Crippen LogP contribution in [0.5, 0.6) is 0 Å². The highest BCUT2D eigenvalue weighted by Crippen LogP contribution is 2.31. The zero-order valence-electron chi connectivity index (χ0n) is 12.6. The molecule has 6 heteroatoms. The van der Waals surface area contributed by atoms with Crippen molar-refractivity contribution >= 4 is 29.3 Å². The second-order valence-electron chi connectivity index (χ2n) is 5.82. The Balaban J connectivity index is 1.74. The minimum absolute atomic E-state index is 0.00825. The number of hydrogen-bond donors (Lipinski definition) is 3. The average molecular weight is 319 g/mol. The van der Waals surface area contributed by atoms with E-state index in [1.54, 1.807) is 17.8 Å². The van der Waals surface area contributed by atoms with Gasteiger partial charge in [-0.15, -0.1) is 11.8 Å². The van der Waals surface area contributed by atoms with Gasteiger partial charge in [-0.1, -0.05) is 0 Å². The third-order valence-electron chi connectivity index (χ3n) is 4.18. The first kappa shape index (κ1) is 15.4. The van der Waals surface area contributed by atoms with Gasteiger partial charge in [-0.2, -0.15) is 0 Å².